The molecule has 2 N–H and O–H groups in total. The minimum Gasteiger partial charge on any atom is -0.496 e. The van der Waals surface area contributed by atoms with Crippen molar-refractivity contribution in [3.05, 3.63) is 94.4 Å². The summed E-state index contributed by atoms with van der Waals surface area (Å²) in [7, 11) is 1.49. The standard InChI is InChI=1S/C32H31ClN4O5/c1-19-23(24-13-14-34-29(28(24)33)21-10-11-22(17-38)27(15-21)41-5)7-6-8-25(19)36-30(39)26-12-9-20(16-35-26)18-42-31(40)37-32(2,3)4/h6-17H,18H2,1-5H3,(H,36,39)(H,37,40). The van der Waals surface area contributed by atoms with E-state index in [1.54, 1.807) is 48.7 Å². The molecule has 0 bridgehead atoms. The number of rotatable bonds is 8. The number of methoxy groups -OCH3 is 1. The summed E-state index contributed by atoms with van der Waals surface area (Å²) >= 11 is 6.86. The number of carbonyl (C=O) groups excluding carboxylic acids is 3. The van der Waals surface area contributed by atoms with Crippen molar-refractivity contribution < 1.29 is 23.9 Å². The zero-order chi connectivity index (χ0) is 30.4. The third kappa shape index (κ3) is 7.11. The van der Waals surface area contributed by atoms with E-state index in [1.807, 2.05) is 39.8 Å². The second kappa shape index (κ2) is 12.8. The summed E-state index contributed by atoms with van der Waals surface area (Å²) in [6, 6.07) is 15.7. The molecular formula is C32H31ClN4O5. The van der Waals surface area contributed by atoms with Gasteiger partial charge in [-0.15, -0.1) is 0 Å². The maximum atomic E-state index is 13.0. The fourth-order valence-corrected chi connectivity index (χ4v) is 4.52. The summed E-state index contributed by atoms with van der Waals surface area (Å²) in [5, 5.41) is 6.06. The lowest BCUT2D eigenvalue weighted by molar-refractivity contribution is 0.102. The zero-order valence-corrected chi connectivity index (χ0v) is 24.7. The van der Waals surface area contributed by atoms with Gasteiger partial charge < -0.3 is 20.1 Å². The van der Waals surface area contributed by atoms with Gasteiger partial charge in [-0.2, -0.15) is 0 Å². The maximum Gasteiger partial charge on any atom is 0.407 e. The molecule has 216 valence electrons. The largest absolute Gasteiger partial charge is 0.496 e. The van der Waals surface area contributed by atoms with Gasteiger partial charge in [-0.3, -0.25) is 19.6 Å². The molecule has 2 aromatic carbocycles. The number of pyridine rings is 2. The molecule has 42 heavy (non-hydrogen) atoms. The van der Waals surface area contributed by atoms with E-state index in [4.69, 9.17) is 21.1 Å². The van der Waals surface area contributed by atoms with E-state index in [-0.39, 0.29) is 12.3 Å². The summed E-state index contributed by atoms with van der Waals surface area (Å²) in [5.41, 5.74) is 5.04. The summed E-state index contributed by atoms with van der Waals surface area (Å²) in [6.45, 7) is 7.49. The Morgan fingerprint density at radius 3 is 2.48 bits per heavy atom. The molecular weight excluding hydrogens is 556 g/mol. The van der Waals surface area contributed by atoms with E-state index in [0.717, 1.165) is 23.0 Å². The SMILES string of the molecule is COc1cc(-c2nccc(-c3cccc(NC(=O)c4ccc(COC(=O)NC(C)(C)C)cn4)c3C)c2Cl)ccc1C=O. The number of ether oxygens (including phenoxy) is 2. The first kappa shape index (κ1) is 30.2. The third-order valence-electron chi connectivity index (χ3n) is 6.30. The Kier molecular flexibility index (Phi) is 9.22. The van der Waals surface area contributed by atoms with Crippen LogP contribution in [0.5, 0.6) is 5.75 Å². The van der Waals surface area contributed by atoms with Gasteiger partial charge in [0, 0.05) is 40.3 Å². The summed E-state index contributed by atoms with van der Waals surface area (Å²) in [4.78, 5) is 44.9. The van der Waals surface area contributed by atoms with Crippen LogP contribution >= 0.6 is 11.6 Å². The van der Waals surface area contributed by atoms with Crippen molar-refractivity contribution >= 4 is 35.6 Å². The Balaban J connectivity index is 1.52. The van der Waals surface area contributed by atoms with Crippen molar-refractivity contribution in [2.75, 3.05) is 12.4 Å². The fourth-order valence-electron chi connectivity index (χ4n) is 4.19. The fraction of sp³-hybridized carbons (Fsp3) is 0.219. The molecule has 2 amide bonds. The predicted molar refractivity (Wildman–Crippen MR) is 162 cm³/mol. The van der Waals surface area contributed by atoms with Gasteiger partial charge in [0.2, 0.25) is 0 Å². The number of anilines is 1. The minimum absolute atomic E-state index is 0.0284. The molecule has 0 saturated heterocycles. The lowest BCUT2D eigenvalue weighted by Crippen LogP contribution is -2.40. The molecule has 0 aliphatic carbocycles. The first-order chi connectivity index (χ1) is 20.0. The number of aromatic nitrogens is 2. The van der Waals surface area contributed by atoms with E-state index >= 15 is 0 Å². The lowest BCUT2D eigenvalue weighted by Gasteiger charge is -2.19. The molecule has 0 spiro atoms. The highest BCUT2D eigenvalue weighted by Gasteiger charge is 2.18. The number of alkyl carbamates (subject to hydrolysis) is 1. The molecule has 4 aromatic rings. The van der Waals surface area contributed by atoms with Gasteiger partial charge in [0.15, 0.2) is 6.29 Å². The molecule has 10 heteroatoms. The van der Waals surface area contributed by atoms with E-state index in [2.05, 4.69) is 20.6 Å². The highest BCUT2D eigenvalue weighted by Crippen LogP contribution is 2.39. The number of nitrogens with zero attached hydrogens (tertiary/aromatic N) is 2. The number of aldehydes is 1. The average molecular weight is 587 g/mol. The number of amides is 2. The molecule has 0 unspecified atom stereocenters. The quantitative estimate of drug-likeness (QED) is 0.216. The van der Waals surface area contributed by atoms with Crippen molar-refractivity contribution in [2.45, 2.75) is 39.8 Å². The minimum atomic E-state index is -0.531. The Morgan fingerprint density at radius 1 is 1.02 bits per heavy atom. The number of carbonyl (C=O) groups is 3. The van der Waals surface area contributed by atoms with E-state index in [1.165, 1.54) is 13.3 Å². The first-order valence-electron chi connectivity index (χ1n) is 13.1. The second-order valence-corrected chi connectivity index (χ2v) is 10.9. The van der Waals surface area contributed by atoms with Crippen molar-refractivity contribution in [3.8, 4) is 28.1 Å². The van der Waals surface area contributed by atoms with Gasteiger partial charge in [-0.1, -0.05) is 35.9 Å². The number of hydrogen-bond donors (Lipinski definition) is 2. The number of nitrogens with one attached hydrogen (secondary N) is 2. The Hall–Kier alpha value is -4.76. The molecule has 0 fully saturated rings. The highest BCUT2D eigenvalue weighted by molar-refractivity contribution is 6.35. The van der Waals surface area contributed by atoms with Crippen molar-refractivity contribution in [3.63, 3.8) is 0 Å². The van der Waals surface area contributed by atoms with E-state index < -0.39 is 17.5 Å². The van der Waals surface area contributed by atoms with Crippen LogP contribution in [0.2, 0.25) is 5.02 Å². The highest BCUT2D eigenvalue weighted by atomic mass is 35.5. The van der Waals surface area contributed by atoms with Gasteiger partial charge in [0.05, 0.1) is 23.4 Å². The van der Waals surface area contributed by atoms with Crippen LogP contribution in [0.3, 0.4) is 0 Å². The van der Waals surface area contributed by atoms with Gasteiger partial charge >= 0.3 is 6.09 Å². The number of hydrogen-bond acceptors (Lipinski definition) is 7. The molecule has 9 nitrogen and oxygen atoms in total. The Labute approximate surface area is 249 Å². The van der Waals surface area contributed by atoms with Crippen LogP contribution < -0.4 is 15.4 Å². The smallest absolute Gasteiger partial charge is 0.407 e. The molecule has 0 radical (unpaired) electrons. The third-order valence-corrected chi connectivity index (χ3v) is 6.68. The molecule has 0 aliphatic heterocycles. The molecule has 0 aliphatic rings. The van der Waals surface area contributed by atoms with Crippen LogP contribution in [-0.2, 0) is 11.3 Å². The van der Waals surface area contributed by atoms with Gasteiger partial charge in [0.25, 0.3) is 5.91 Å². The summed E-state index contributed by atoms with van der Waals surface area (Å²) < 4.78 is 10.5. The second-order valence-electron chi connectivity index (χ2n) is 10.5. The first-order valence-corrected chi connectivity index (χ1v) is 13.5. The molecule has 2 heterocycles. The van der Waals surface area contributed by atoms with Crippen LogP contribution in [0.1, 0.15) is 52.7 Å². The van der Waals surface area contributed by atoms with E-state index in [9.17, 15) is 14.4 Å². The lowest BCUT2D eigenvalue weighted by atomic mass is 9.97. The average Bonchev–Trinajstić information content (AvgIpc) is 2.96. The zero-order valence-electron chi connectivity index (χ0n) is 23.9. The van der Waals surface area contributed by atoms with Crippen molar-refractivity contribution in [1.82, 2.24) is 15.3 Å². The summed E-state index contributed by atoms with van der Waals surface area (Å²) in [6.07, 6.45) is 3.35. The number of benzene rings is 2. The van der Waals surface area contributed by atoms with E-state index in [0.29, 0.717) is 38.8 Å². The number of halogens is 1. The summed E-state index contributed by atoms with van der Waals surface area (Å²) in [5.74, 6) is 0.0314. The topological polar surface area (TPSA) is 120 Å². The Morgan fingerprint density at radius 2 is 1.81 bits per heavy atom. The van der Waals surface area contributed by atoms with Crippen molar-refractivity contribution in [1.29, 1.82) is 0 Å². The monoisotopic (exact) mass is 586 g/mol. The van der Waals surface area contributed by atoms with Crippen LogP contribution in [0.25, 0.3) is 22.4 Å². The van der Waals surface area contributed by atoms with Gasteiger partial charge in [-0.05, 0) is 69.2 Å². The normalized spacial score (nSPS) is 11.0. The van der Waals surface area contributed by atoms with Gasteiger partial charge in [0.1, 0.15) is 18.1 Å². The van der Waals surface area contributed by atoms with Gasteiger partial charge in [-0.25, -0.2) is 4.79 Å². The maximum absolute atomic E-state index is 13.0. The molecule has 0 saturated carbocycles. The predicted octanol–water partition coefficient (Wildman–Crippen LogP) is 6.87. The molecule has 4 rings (SSSR count). The Bertz CT molecular complexity index is 1630. The molecule has 0 atom stereocenters. The van der Waals surface area contributed by atoms with Crippen LogP contribution in [0, 0.1) is 6.92 Å². The van der Waals surface area contributed by atoms with Crippen LogP contribution in [0.4, 0.5) is 10.5 Å². The molecule has 2 aromatic heterocycles. The van der Waals surface area contributed by atoms with Crippen LogP contribution in [0.15, 0.2) is 67.0 Å². The van der Waals surface area contributed by atoms with Crippen molar-refractivity contribution in [2.24, 2.45) is 0 Å². The van der Waals surface area contributed by atoms with Crippen LogP contribution in [-0.4, -0.2) is 40.9 Å².